The maximum Gasteiger partial charge on any atom is 0.240 e. The second-order valence-electron chi connectivity index (χ2n) is 4.54. The van der Waals surface area contributed by atoms with Crippen molar-refractivity contribution < 1.29 is 13.2 Å². The van der Waals surface area contributed by atoms with E-state index in [1.165, 1.54) is 6.07 Å². The molecule has 3 N–H and O–H groups in total. The number of rotatable bonds is 5. The molecule has 18 heavy (non-hydrogen) atoms. The molecule has 5 nitrogen and oxygen atoms in total. The molecule has 1 aromatic rings. The molecule has 0 radical (unpaired) electrons. The van der Waals surface area contributed by atoms with Crippen LogP contribution in [0.5, 0.6) is 0 Å². The summed E-state index contributed by atoms with van der Waals surface area (Å²) < 4.78 is 23.2. The fourth-order valence-corrected chi connectivity index (χ4v) is 2.50. The molecule has 0 bridgehead atoms. The summed E-state index contributed by atoms with van der Waals surface area (Å²) in [5.41, 5.74) is 5.69. The predicted molar refractivity (Wildman–Crippen MR) is 71.0 cm³/mol. The average Bonchev–Trinajstić information content (AvgIpc) is 2.24. The molecule has 1 atom stereocenters. The molecule has 0 fully saturated rings. The van der Waals surface area contributed by atoms with Crippen LogP contribution in [0.1, 0.15) is 13.8 Å². The van der Waals surface area contributed by atoms with Gasteiger partial charge in [0.1, 0.15) is 6.04 Å². The number of hydrogen-bond acceptors (Lipinski definition) is 4. The van der Waals surface area contributed by atoms with Crippen molar-refractivity contribution in [3.63, 3.8) is 0 Å². The van der Waals surface area contributed by atoms with Crippen LogP contribution in [0.15, 0.2) is 29.2 Å². The number of benzene rings is 1. The number of nitrogens with two attached hydrogens (primary N) is 1. The lowest BCUT2D eigenvalue weighted by molar-refractivity contribution is -0.119. The van der Waals surface area contributed by atoms with Gasteiger partial charge >= 0.3 is 0 Å². The number of sulfone groups is 1. The fraction of sp³-hybridized carbons (Fsp3) is 0.417. The van der Waals surface area contributed by atoms with Crippen LogP contribution in [-0.4, -0.2) is 26.6 Å². The van der Waals surface area contributed by atoms with Gasteiger partial charge in [-0.2, -0.15) is 0 Å². The Kier molecular flexibility index (Phi) is 4.34. The van der Waals surface area contributed by atoms with Crippen LogP contribution < -0.4 is 11.1 Å². The number of hydrogen-bond donors (Lipinski definition) is 2. The third kappa shape index (κ3) is 3.46. The van der Waals surface area contributed by atoms with Crippen molar-refractivity contribution in [2.45, 2.75) is 24.8 Å². The van der Waals surface area contributed by atoms with Gasteiger partial charge in [0.05, 0.1) is 10.6 Å². The van der Waals surface area contributed by atoms with Crippen molar-refractivity contribution in [1.29, 1.82) is 0 Å². The molecule has 6 heteroatoms. The first kappa shape index (κ1) is 14.5. The van der Waals surface area contributed by atoms with E-state index < -0.39 is 21.8 Å². The van der Waals surface area contributed by atoms with E-state index >= 15 is 0 Å². The van der Waals surface area contributed by atoms with Gasteiger partial charge in [-0.25, -0.2) is 8.42 Å². The molecule has 1 aromatic carbocycles. The van der Waals surface area contributed by atoms with Crippen LogP contribution >= 0.6 is 0 Å². The topological polar surface area (TPSA) is 89.3 Å². The van der Waals surface area contributed by atoms with E-state index in [9.17, 15) is 13.2 Å². The van der Waals surface area contributed by atoms with Crippen molar-refractivity contribution in [3.8, 4) is 0 Å². The third-order valence-corrected chi connectivity index (χ3v) is 3.73. The molecule has 0 saturated heterocycles. The second kappa shape index (κ2) is 5.39. The van der Waals surface area contributed by atoms with Gasteiger partial charge in [-0.05, 0) is 18.1 Å². The highest BCUT2D eigenvalue weighted by Crippen LogP contribution is 2.22. The van der Waals surface area contributed by atoms with Crippen LogP contribution in [0, 0.1) is 5.92 Å². The maximum absolute atomic E-state index is 11.6. The summed E-state index contributed by atoms with van der Waals surface area (Å²) in [6.07, 6.45) is 1.13. The summed E-state index contributed by atoms with van der Waals surface area (Å²) in [5.74, 6) is -0.538. The van der Waals surface area contributed by atoms with Crippen molar-refractivity contribution in [2.24, 2.45) is 11.7 Å². The van der Waals surface area contributed by atoms with Gasteiger partial charge in [0.15, 0.2) is 9.84 Å². The van der Waals surface area contributed by atoms with Gasteiger partial charge in [0, 0.05) is 6.26 Å². The van der Waals surface area contributed by atoms with Crippen molar-refractivity contribution in [3.05, 3.63) is 24.3 Å². The number of carbonyl (C=O) groups excluding carboxylic acids is 1. The Hall–Kier alpha value is -1.56. The summed E-state index contributed by atoms with van der Waals surface area (Å²) in [7, 11) is -3.35. The highest BCUT2D eigenvalue weighted by atomic mass is 32.2. The van der Waals surface area contributed by atoms with Gasteiger partial charge in [0.25, 0.3) is 0 Å². The maximum atomic E-state index is 11.6. The molecule has 0 aromatic heterocycles. The van der Waals surface area contributed by atoms with E-state index in [0.717, 1.165) is 6.26 Å². The molecule has 1 rings (SSSR count). The summed E-state index contributed by atoms with van der Waals surface area (Å²) >= 11 is 0. The smallest absolute Gasteiger partial charge is 0.240 e. The highest BCUT2D eigenvalue weighted by molar-refractivity contribution is 7.90. The zero-order valence-corrected chi connectivity index (χ0v) is 11.5. The summed E-state index contributed by atoms with van der Waals surface area (Å²) in [5, 5.41) is 2.90. The van der Waals surface area contributed by atoms with Crippen LogP contribution in [-0.2, 0) is 14.6 Å². The van der Waals surface area contributed by atoms with Crippen molar-refractivity contribution >= 4 is 21.4 Å². The minimum absolute atomic E-state index is 0.0323. The first-order chi connectivity index (χ1) is 8.23. The van der Waals surface area contributed by atoms with Gasteiger partial charge in [0.2, 0.25) is 5.91 Å². The quantitative estimate of drug-likeness (QED) is 0.835. The van der Waals surface area contributed by atoms with E-state index in [-0.39, 0.29) is 10.8 Å². The number of anilines is 1. The SMILES string of the molecule is CC(C)C(Nc1ccccc1S(C)(=O)=O)C(N)=O. The molecule has 0 aliphatic carbocycles. The lowest BCUT2D eigenvalue weighted by Gasteiger charge is -2.21. The van der Waals surface area contributed by atoms with Crippen molar-refractivity contribution in [2.75, 3.05) is 11.6 Å². The summed E-state index contributed by atoms with van der Waals surface area (Å²) in [6, 6.07) is 5.85. The molecular weight excluding hydrogens is 252 g/mol. The number of primary amides is 1. The standard InChI is InChI=1S/C12H18N2O3S/c1-8(2)11(12(13)15)14-9-6-4-5-7-10(9)18(3,16)17/h4-8,11,14H,1-3H3,(H2,13,15). The van der Waals surface area contributed by atoms with Crippen LogP contribution in [0.4, 0.5) is 5.69 Å². The Labute approximate surface area is 107 Å². The molecule has 0 spiro atoms. The molecule has 0 aliphatic heterocycles. The average molecular weight is 270 g/mol. The molecule has 0 heterocycles. The van der Waals surface area contributed by atoms with Crippen LogP contribution in [0.3, 0.4) is 0 Å². The second-order valence-corrected chi connectivity index (χ2v) is 6.52. The Morgan fingerprint density at radius 3 is 2.28 bits per heavy atom. The number of nitrogens with one attached hydrogen (secondary N) is 1. The minimum Gasteiger partial charge on any atom is -0.372 e. The van der Waals surface area contributed by atoms with Gasteiger partial charge in [-0.3, -0.25) is 4.79 Å². The van der Waals surface area contributed by atoms with E-state index in [0.29, 0.717) is 5.69 Å². The van der Waals surface area contributed by atoms with Gasteiger partial charge in [-0.1, -0.05) is 26.0 Å². The Morgan fingerprint density at radius 2 is 1.83 bits per heavy atom. The van der Waals surface area contributed by atoms with E-state index in [1.807, 2.05) is 13.8 Å². The summed E-state index contributed by atoms with van der Waals surface area (Å²) in [6.45, 7) is 3.68. The fourth-order valence-electron chi connectivity index (χ4n) is 1.64. The minimum atomic E-state index is -3.35. The zero-order chi connectivity index (χ0) is 13.9. The highest BCUT2D eigenvalue weighted by Gasteiger charge is 2.22. The Morgan fingerprint density at radius 1 is 1.28 bits per heavy atom. The van der Waals surface area contributed by atoms with Crippen LogP contribution in [0.2, 0.25) is 0 Å². The van der Waals surface area contributed by atoms with E-state index in [4.69, 9.17) is 5.73 Å². The molecular formula is C12H18N2O3S. The number of amides is 1. The lowest BCUT2D eigenvalue weighted by atomic mass is 10.0. The van der Waals surface area contributed by atoms with Crippen LogP contribution in [0.25, 0.3) is 0 Å². The first-order valence-electron chi connectivity index (χ1n) is 5.58. The third-order valence-electron chi connectivity index (χ3n) is 2.57. The number of carbonyl (C=O) groups is 1. The zero-order valence-electron chi connectivity index (χ0n) is 10.7. The monoisotopic (exact) mass is 270 g/mol. The molecule has 0 saturated carbocycles. The van der Waals surface area contributed by atoms with Crippen molar-refractivity contribution in [1.82, 2.24) is 0 Å². The normalized spacial score (nSPS) is 13.3. The van der Waals surface area contributed by atoms with Gasteiger partial charge < -0.3 is 11.1 Å². The molecule has 1 unspecified atom stereocenters. The lowest BCUT2D eigenvalue weighted by Crippen LogP contribution is -2.39. The Bertz CT molecular complexity index is 538. The first-order valence-corrected chi connectivity index (χ1v) is 7.47. The van der Waals surface area contributed by atoms with E-state index in [2.05, 4.69) is 5.32 Å². The molecule has 100 valence electrons. The Balaban J connectivity index is 3.15. The summed E-state index contributed by atoms with van der Waals surface area (Å²) in [4.78, 5) is 11.5. The largest absolute Gasteiger partial charge is 0.372 e. The molecule has 0 aliphatic rings. The van der Waals surface area contributed by atoms with Gasteiger partial charge in [-0.15, -0.1) is 0 Å². The predicted octanol–water partition coefficient (Wildman–Crippen LogP) is 1.01. The molecule has 1 amide bonds. The number of para-hydroxylation sites is 1. The van der Waals surface area contributed by atoms with E-state index in [1.54, 1.807) is 18.2 Å².